The number of amides is 1. The van der Waals surface area contributed by atoms with Crippen molar-refractivity contribution in [3.8, 4) is 10.6 Å². The van der Waals surface area contributed by atoms with Crippen molar-refractivity contribution in [1.82, 2.24) is 25.3 Å². The molecule has 1 aromatic carbocycles. The lowest BCUT2D eigenvalue weighted by Gasteiger charge is -2.22. The highest BCUT2D eigenvalue weighted by molar-refractivity contribution is 7.15. The normalized spacial score (nSPS) is 13.0. The van der Waals surface area contributed by atoms with E-state index in [9.17, 15) is 9.18 Å². The lowest BCUT2D eigenvalue weighted by Crippen LogP contribution is -2.21. The van der Waals surface area contributed by atoms with E-state index < -0.39 is 11.7 Å². The maximum atomic E-state index is 14.4. The molecule has 1 amide bonds. The van der Waals surface area contributed by atoms with Gasteiger partial charge in [-0.2, -0.15) is 0 Å². The minimum absolute atomic E-state index is 0.0224. The van der Waals surface area contributed by atoms with Gasteiger partial charge in [-0.15, -0.1) is 11.3 Å². The maximum Gasteiger partial charge on any atom is 0.254 e. The molecule has 0 aliphatic rings. The Labute approximate surface area is 195 Å². The van der Waals surface area contributed by atoms with Crippen LogP contribution in [0.1, 0.15) is 40.7 Å². The number of benzene rings is 1. The molecule has 9 heteroatoms. The van der Waals surface area contributed by atoms with Crippen LogP contribution >= 0.6 is 11.3 Å². The van der Waals surface area contributed by atoms with E-state index in [1.807, 2.05) is 31.3 Å². The first-order valence-electron chi connectivity index (χ1n) is 10.7. The molecular weight excluding hydrogens is 439 g/mol. The van der Waals surface area contributed by atoms with Crippen molar-refractivity contribution in [2.24, 2.45) is 5.92 Å². The van der Waals surface area contributed by atoms with Gasteiger partial charge in [0.2, 0.25) is 0 Å². The molecule has 0 saturated carbocycles. The number of aryl methyl sites for hydroxylation is 1. The number of nitrogens with zero attached hydrogens (tertiary/aromatic N) is 4. The van der Waals surface area contributed by atoms with Crippen molar-refractivity contribution in [3.05, 3.63) is 64.9 Å². The Morgan fingerprint density at radius 1 is 1.15 bits per heavy atom. The summed E-state index contributed by atoms with van der Waals surface area (Å²) < 4.78 is 14.4. The average molecular weight is 465 g/mol. The van der Waals surface area contributed by atoms with Gasteiger partial charge in [-0.1, -0.05) is 32.0 Å². The van der Waals surface area contributed by atoms with Gasteiger partial charge in [0.25, 0.3) is 5.91 Å². The van der Waals surface area contributed by atoms with E-state index in [4.69, 9.17) is 0 Å². The number of rotatable bonds is 7. The number of carbonyl (C=O) groups excluding carboxylic acids is 1. The van der Waals surface area contributed by atoms with Gasteiger partial charge in [0.15, 0.2) is 5.82 Å². The number of thiazole rings is 1. The molecule has 0 radical (unpaired) electrons. The lowest BCUT2D eigenvalue weighted by molar-refractivity contribution is 0.0960. The minimum atomic E-state index is -0.628. The molecule has 0 bridgehead atoms. The number of pyridine rings is 1. The number of nitrogens with one attached hydrogen (secondary N) is 2. The van der Waals surface area contributed by atoms with E-state index >= 15 is 0 Å². The fraction of sp³-hybridized carbons (Fsp3) is 0.292. The van der Waals surface area contributed by atoms with Crippen LogP contribution in [0, 0.1) is 18.7 Å². The summed E-state index contributed by atoms with van der Waals surface area (Å²) in [5, 5.41) is 7.41. The summed E-state index contributed by atoms with van der Waals surface area (Å²) >= 11 is 1.59. The van der Waals surface area contributed by atoms with E-state index in [1.54, 1.807) is 23.7 Å². The van der Waals surface area contributed by atoms with Crippen LogP contribution in [0.5, 0.6) is 0 Å². The zero-order chi connectivity index (χ0) is 23.5. The molecule has 7 nitrogen and oxygen atoms in total. The molecule has 170 valence electrons. The summed E-state index contributed by atoms with van der Waals surface area (Å²) in [7, 11) is 1.49. The van der Waals surface area contributed by atoms with Gasteiger partial charge in [-0.05, 0) is 24.3 Å². The first-order chi connectivity index (χ1) is 15.9. The number of para-hydroxylation sites is 1. The van der Waals surface area contributed by atoms with Crippen LogP contribution in [-0.2, 0) is 0 Å². The van der Waals surface area contributed by atoms with E-state index in [0.717, 1.165) is 33.2 Å². The Bertz CT molecular complexity index is 1310. The smallest absolute Gasteiger partial charge is 0.254 e. The molecule has 0 spiro atoms. The molecule has 0 aliphatic heterocycles. The molecule has 2 N–H and O–H groups in total. The van der Waals surface area contributed by atoms with Gasteiger partial charge in [0.05, 0.1) is 32.9 Å². The highest BCUT2D eigenvalue weighted by Gasteiger charge is 2.22. The van der Waals surface area contributed by atoms with Gasteiger partial charge in [-0.25, -0.2) is 19.3 Å². The zero-order valence-corrected chi connectivity index (χ0v) is 19.7. The number of hydrogen-bond acceptors (Lipinski definition) is 7. The number of aromatic nitrogens is 4. The third-order valence-electron chi connectivity index (χ3n) is 5.83. The number of carbonyl (C=O) groups is 1. The number of halogens is 1. The second-order valence-corrected chi connectivity index (χ2v) is 9.22. The number of hydrogen-bond donors (Lipinski definition) is 2. The summed E-state index contributed by atoms with van der Waals surface area (Å²) in [6.45, 7) is 6.87. The Kier molecular flexibility index (Phi) is 6.60. The molecule has 3 heterocycles. The third kappa shape index (κ3) is 4.68. The van der Waals surface area contributed by atoms with Crippen LogP contribution in [0.2, 0.25) is 0 Å². The van der Waals surface area contributed by atoms with Crippen molar-refractivity contribution in [2.45, 2.75) is 26.7 Å². The predicted octanol–water partition coefficient (Wildman–Crippen LogP) is 4.81. The Morgan fingerprint density at radius 2 is 1.97 bits per heavy atom. The van der Waals surface area contributed by atoms with Crippen LogP contribution in [0.3, 0.4) is 0 Å². The largest absolute Gasteiger partial charge is 0.370 e. The highest BCUT2D eigenvalue weighted by atomic mass is 32.1. The molecule has 3 aromatic heterocycles. The average Bonchev–Trinajstić information content (AvgIpc) is 3.27. The molecule has 0 saturated heterocycles. The molecule has 2 atom stereocenters. The standard InChI is InChI=1S/C24H25FN6OS/c1-13(9-28-21-8-19(30-12-31-21)20-11-27-15(3)33-20)14(2)16-6-5-7-17-22(24(32)26-4)18(25)10-29-23(16)17/h5-8,10-14H,9H2,1-4H3,(H,26,32)(H,28,30,31)/t13-,14?/m1/s1. The first kappa shape index (κ1) is 22.7. The third-order valence-corrected chi connectivity index (χ3v) is 6.76. The van der Waals surface area contributed by atoms with Gasteiger partial charge in [0, 0.05) is 31.2 Å². The van der Waals surface area contributed by atoms with Gasteiger partial charge in [0.1, 0.15) is 12.1 Å². The Morgan fingerprint density at radius 3 is 2.70 bits per heavy atom. The van der Waals surface area contributed by atoms with Crippen LogP contribution < -0.4 is 10.6 Å². The number of fused-ring (bicyclic) bond motifs is 1. The summed E-state index contributed by atoms with van der Waals surface area (Å²) in [4.78, 5) is 30.6. The maximum absolute atomic E-state index is 14.4. The predicted molar refractivity (Wildman–Crippen MR) is 129 cm³/mol. The highest BCUT2D eigenvalue weighted by Crippen LogP contribution is 2.32. The molecule has 4 aromatic rings. The quantitative estimate of drug-likeness (QED) is 0.408. The monoisotopic (exact) mass is 464 g/mol. The van der Waals surface area contributed by atoms with Crippen LogP contribution in [0.15, 0.2) is 43.0 Å². The number of anilines is 1. The summed E-state index contributed by atoms with van der Waals surface area (Å²) in [6.07, 6.45) is 4.49. The fourth-order valence-corrected chi connectivity index (χ4v) is 4.51. The van der Waals surface area contributed by atoms with Crippen molar-refractivity contribution in [2.75, 3.05) is 18.9 Å². The van der Waals surface area contributed by atoms with Crippen molar-refractivity contribution in [3.63, 3.8) is 0 Å². The lowest BCUT2D eigenvalue weighted by atomic mass is 9.87. The molecule has 0 aliphatic carbocycles. The molecular formula is C24H25FN6OS. The Hall–Kier alpha value is -3.46. The Balaban J connectivity index is 1.54. The van der Waals surface area contributed by atoms with Gasteiger partial charge in [-0.3, -0.25) is 9.78 Å². The van der Waals surface area contributed by atoms with E-state index in [0.29, 0.717) is 17.4 Å². The van der Waals surface area contributed by atoms with Crippen molar-refractivity contribution in [1.29, 1.82) is 0 Å². The summed E-state index contributed by atoms with van der Waals surface area (Å²) in [5.41, 5.74) is 2.46. The van der Waals surface area contributed by atoms with E-state index in [1.165, 1.54) is 7.05 Å². The second kappa shape index (κ2) is 9.58. The van der Waals surface area contributed by atoms with Crippen molar-refractivity contribution >= 4 is 34.0 Å². The molecule has 33 heavy (non-hydrogen) atoms. The van der Waals surface area contributed by atoms with Crippen molar-refractivity contribution < 1.29 is 9.18 Å². The SMILES string of the molecule is CNC(=O)c1c(F)cnc2c(C(C)[C@H](C)CNc3cc(-c4cnc(C)s4)ncn3)cccc12. The van der Waals surface area contributed by atoms with Crippen LogP contribution in [-0.4, -0.2) is 39.4 Å². The zero-order valence-electron chi connectivity index (χ0n) is 18.9. The minimum Gasteiger partial charge on any atom is -0.370 e. The summed E-state index contributed by atoms with van der Waals surface area (Å²) in [5.74, 6) is -0.0468. The van der Waals surface area contributed by atoms with Gasteiger partial charge < -0.3 is 10.6 Å². The second-order valence-electron chi connectivity index (χ2n) is 7.98. The molecule has 4 rings (SSSR count). The van der Waals surface area contributed by atoms with Crippen LogP contribution in [0.4, 0.5) is 10.2 Å². The first-order valence-corrected chi connectivity index (χ1v) is 11.5. The fourth-order valence-electron chi connectivity index (χ4n) is 3.76. The molecule has 0 fully saturated rings. The van der Waals surface area contributed by atoms with E-state index in [2.05, 4.69) is 44.4 Å². The molecule has 1 unspecified atom stereocenters. The topological polar surface area (TPSA) is 92.7 Å². The van der Waals surface area contributed by atoms with Gasteiger partial charge >= 0.3 is 0 Å². The summed E-state index contributed by atoms with van der Waals surface area (Å²) in [6, 6.07) is 7.48. The van der Waals surface area contributed by atoms with Crippen LogP contribution in [0.25, 0.3) is 21.5 Å². The van der Waals surface area contributed by atoms with E-state index in [-0.39, 0.29) is 17.4 Å².